The van der Waals surface area contributed by atoms with Crippen molar-refractivity contribution in [2.45, 2.75) is 39.7 Å². The highest BCUT2D eigenvalue weighted by atomic mass is 14.8. The summed E-state index contributed by atoms with van der Waals surface area (Å²) in [7, 11) is 0. The quantitative estimate of drug-likeness (QED) is 0.633. The van der Waals surface area contributed by atoms with Gasteiger partial charge in [-0.15, -0.1) is 0 Å². The van der Waals surface area contributed by atoms with Crippen LogP contribution < -0.4 is 11.5 Å². The summed E-state index contributed by atoms with van der Waals surface area (Å²) in [5.74, 6) is 0. The molecule has 76 valence electrons. The van der Waals surface area contributed by atoms with Crippen molar-refractivity contribution >= 4 is 5.71 Å². The highest BCUT2D eigenvalue weighted by molar-refractivity contribution is 5.98. The van der Waals surface area contributed by atoms with Gasteiger partial charge in [0.15, 0.2) is 0 Å². The van der Waals surface area contributed by atoms with Crippen LogP contribution in [0.15, 0.2) is 16.8 Å². The van der Waals surface area contributed by atoms with Crippen LogP contribution in [0.5, 0.6) is 0 Å². The lowest BCUT2D eigenvalue weighted by Gasteiger charge is -2.09. The van der Waals surface area contributed by atoms with Crippen molar-refractivity contribution in [2.24, 2.45) is 16.5 Å². The Morgan fingerprint density at radius 2 is 1.92 bits per heavy atom. The number of hydrogen-bond acceptors (Lipinski definition) is 3. The Labute approximate surface area is 80.9 Å². The molecule has 0 atom stereocenters. The summed E-state index contributed by atoms with van der Waals surface area (Å²) in [4.78, 5) is 4.54. The van der Waals surface area contributed by atoms with E-state index >= 15 is 0 Å². The zero-order chi connectivity index (χ0) is 10.3. The van der Waals surface area contributed by atoms with E-state index in [0.29, 0.717) is 12.6 Å². The fourth-order valence-corrected chi connectivity index (χ4v) is 1.16. The summed E-state index contributed by atoms with van der Waals surface area (Å²) in [5, 5.41) is 0. The molecule has 0 aliphatic carbocycles. The topological polar surface area (TPSA) is 64.4 Å². The van der Waals surface area contributed by atoms with Gasteiger partial charge < -0.3 is 11.5 Å². The molecule has 0 rings (SSSR count). The Kier molecular flexibility index (Phi) is 6.24. The van der Waals surface area contributed by atoms with Gasteiger partial charge >= 0.3 is 0 Å². The molecule has 0 saturated heterocycles. The van der Waals surface area contributed by atoms with Crippen molar-refractivity contribution in [1.29, 1.82) is 0 Å². The van der Waals surface area contributed by atoms with Gasteiger partial charge in [-0.05, 0) is 19.8 Å². The predicted octanol–water partition coefficient (Wildman–Crippen LogP) is 1.44. The monoisotopic (exact) mass is 183 g/mol. The number of hydrogen-bond donors (Lipinski definition) is 2. The molecule has 0 aliphatic heterocycles. The van der Waals surface area contributed by atoms with Gasteiger partial charge in [0, 0.05) is 30.1 Å². The van der Waals surface area contributed by atoms with E-state index in [0.717, 1.165) is 24.1 Å². The Morgan fingerprint density at radius 3 is 2.23 bits per heavy atom. The SMILES string of the molecule is CCC(CC)N=C(C)C(=CN)CN. The summed E-state index contributed by atoms with van der Waals surface area (Å²) in [6.45, 7) is 6.70. The van der Waals surface area contributed by atoms with E-state index in [2.05, 4.69) is 18.8 Å². The van der Waals surface area contributed by atoms with Gasteiger partial charge in [-0.25, -0.2) is 0 Å². The number of aliphatic imine (C=N–C) groups is 1. The second kappa shape index (κ2) is 6.66. The molecule has 0 aromatic heterocycles. The van der Waals surface area contributed by atoms with Crippen LogP contribution in [0.3, 0.4) is 0 Å². The lowest BCUT2D eigenvalue weighted by atomic mass is 10.1. The van der Waals surface area contributed by atoms with Crippen LogP contribution in [0.1, 0.15) is 33.6 Å². The van der Waals surface area contributed by atoms with Crippen LogP contribution in [-0.2, 0) is 0 Å². The van der Waals surface area contributed by atoms with E-state index in [9.17, 15) is 0 Å². The second-order valence-corrected chi connectivity index (χ2v) is 3.08. The molecule has 0 amide bonds. The molecule has 3 nitrogen and oxygen atoms in total. The number of nitrogens with two attached hydrogens (primary N) is 2. The molecule has 0 unspecified atom stereocenters. The summed E-state index contributed by atoms with van der Waals surface area (Å²) in [6, 6.07) is 0.404. The maximum absolute atomic E-state index is 5.51. The molecule has 3 heteroatoms. The normalized spacial score (nSPS) is 13.9. The second-order valence-electron chi connectivity index (χ2n) is 3.08. The van der Waals surface area contributed by atoms with Crippen LogP contribution in [-0.4, -0.2) is 18.3 Å². The first-order valence-electron chi connectivity index (χ1n) is 4.85. The molecule has 4 N–H and O–H groups in total. The fourth-order valence-electron chi connectivity index (χ4n) is 1.16. The average molecular weight is 183 g/mol. The largest absolute Gasteiger partial charge is 0.404 e. The first kappa shape index (κ1) is 12.2. The number of rotatable bonds is 5. The van der Waals surface area contributed by atoms with Crippen molar-refractivity contribution in [2.75, 3.05) is 6.54 Å². The maximum Gasteiger partial charge on any atom is 0.0497 e. The van der Waals surface area contributed by atoms with Crippen molar-refractivity contribution in [3.63, 3.8) is 0 Å². The maximum atomic E-state index is 5.51. The third-order valence-corrected chi connectivity index (χ3v) is 2.20. The van der Waals surface area contributed by atoms with Gasteiger partial charge in [-0.3, -0.25) is 4.99 Å². The number of nitrogens with zero attached hydrogens (tertiary/aromatic N) is 1. The molecule has 0 radical (unpaired) electrons. The molecule has 0 bridgehead atoms. The van der Waals surface area contributed by atoms with Gasteiger partial charge in [-0.2, -0.15) is 0 Å². The lowest BCUT2D eigenvalue weighted by Crippen LogP contribution is -2.14. The Balaban J connectivity index is 4.45. The van der Waals surface area contributed by atoms with Gasteiger partial charge in [-0.1, -0.05) is 13.8 Å². The van der Waals surface area contributed by atoms with E-state index < -0.39 is 0 Å². The average Bonchev–Trinajstić information content (AvgIpc) is 2.16. The van der Waals surface area contributed by atoms with Crippen LogP contribution in [0, 0.1) is 0 Å². The molecule has 13 heavy (non-hydrogen) atoms. The highest BCUT2D eigenvalue weighted by Crippen LogP contribution is 2.05. The van der Waals surface area contributed by atoms with Crippen LogP contribution in [0.25, 0.3) is 0 Å². The van der Waals surface area contributed by atoms with Crippen molar-refractivity contribution in [3.05, 3.63) is 11.8 Å². The zero-order valence-corrected chi connectivity index (χ0v) is 8.88. The van der Waals surface area contributed by atoms with Crippen LogP contribution in [0.2, 0.25) is 0 Å². The molecule has 0 aromatic rings. The molecule has 0 fully saturated rings. The van der Waals surface area contributed by atoms with Gasteiger partial charge in [0.25, 0.3) is 0 Å². The summed E-state index contributed by atoms with van der Waals surface area (Å²) >= 11 is 0. The minimum absolute atomic E-state index is 0.404. The van der Waals surface area contributed by atoms with Crippen LogP contribution in [0.4, 0.5) is 0 Å². The molecule has 0 aromatic carbocycles. The molecular weight excluding hydrogens is 162 g/mol. The lowest BCUT2D eigenvalue weighted by molar-refractivity contribution is 0.631. The molecule has 0 saturated carbocycles. The minimum atomic E-state index is 0.404. The van der Waals surface area contributed by atoms with E-state index in [1.807, 2.05) is 6.92 Å². The fraction of sp³-hybridized carbons (Fsp3) is 0.700. The van der Waals surface area contributed by atoms with E-state index in [-0.39, 0.29) is 0 Å². The van der Waals surface area contributed by atoms with Gasteiger partial charge in [0.05, 0.1) is 0 Å². The Hall–Kier alpha value is -0.830. The van der Waals surface area contributed by atoms with E-state index in [1.165, 1.54) is 0 Å². The van der Waals surface area contributed by atoms with E-state index in [4.69, 9.17) is 11.5 Å². The summed E-state index contributed by atoms with van der Waals surface area (Å²) in [6.07, 6.45) is 3.67. The minimum Gasteiger partial charge on any atom is -0.404 e. The third-order valence-electron chi connectivity index (χ3n) is 2.20. The standard InChI is InChI=1S/C10H21N3/c1-4-10(5-2)13-8(3)9(6-11)7-12/h6,10H,4-5,7,11-12H2,1-3H3. The van der Waals surface area contributed by atoms with E-state index in [1.54, 1.807) is 6.20 Å². The molecule has 0 aliphatic rings. The van der Waals surface area contributed by atoms with Gasteiger partial charge in [0.1, 0.15) is 0 Å². The first-order valence-corrected chi connectivity index (χ1v) is 4.85. The predicted molar refractivity (Wildman–Crippen MR) is 58.8 cm³/mol. The Morgan fingerprint density at radius 1 is 1.38 bits per heavy atom. The molecule has 0 heterocycles. The Bertz CT molecular complexity index is 190. The van der Waals surface area contributed by atoms with Crippen molar-refractivity contribution in [1.82, 2.24) is 0 Å². The van der Waals surface area contributed by atoms with Gasteiger partial charge in [0.2, 0.25) is 0 Å². The van der Waals surface area contributed by atoms with Crippen molar-refractivity contribution in [3.8, 4) is 0 Å². The zero-order valence-electron chi connectivity index (χ0n) is 8.88. The summed E-state index contributed by atoms with van der Waals surface area (Å²) in [5.41, 5.74) is 12.8. The molecule has 0 spiro atoms. The summed E-state index contributed by atoms with van der Waals surface area (Å²) < 4.78 is 0. The molecular formula is C10H21N3. The smallest absolute Gasteiger partial charge is 0.0497 e. The highest BCUT2D eigenvalue weighted by Gasteiger charge is 2.03. The van der Waals surface area contributed by atoms with Crippen LogP contribution >= 0.6 is 0 Å². The first-order chi connectivity index (χ1) is 6.19. The third kappa shape index (κ3) is 4.08. The van der Waals surface area contributed by atoms with Crippen molar-refractivity contribution < 1.29 is 0 Å².